The fourth-order valence-electron chi connectivity index (χ4n) is 1.83. The quantitative estimate of drug-likeness (QED) is 0.918. The average molecular weight is 260 g/mol. The highest BCUT2D eigenvalue weighted by Crippen LogP contribution is 2.17. The predicted molar refractivity (Wildman–Crippen MR) is 73.4 cm³/mol. The first kappa shape index (κ1) is 13.5. The lowest BCUT2D eigenvalue weighted by molar-refractivity contribution is 0.199. The number of nitrogens with zero attached hydrogens (tertiary/aromatic N) is 2. The maximum Gasteiger partial charge on any atom is 0.128 e. The molecule has 100 valence electrons. The molecule has 3 nitrogen and oxygen atoms in total. The largest absolute Gasteiger partial charge is 0.389 e. The van der Waals surface area contributed by atoms with Crippen LogP contribution in [0.2, 0.25) is 0 Å². The average Bonchev–Trinajstić information content (AvgIpc) is 2.41. The molecule has 0 aliphatic carbocycles. The molecule has 1 aromatic carbocycles. The molecule has 1 atom stereocenters. The zero-order valence-corrected chi connectivity index (χ0v) is 11.0. The molecule has 1 aromatic heterocycles. The fourth-order valence-corrected chi connectivity index (χ4v) is 1.83. The van der Waals surface area contributed by atoms with E-state index in [9.17, 15) is 9.50 Å². The number of benzene rings is 1. The van der Waals surface area contributed by atoms with Gasteiger partial charge < -0.3 is 10.0 Å². The van der Waals surface area contributed by atoms with Gasteiger partial charge in [-0.05, 0) is 24.6 Å². The van der Waals surface area contributed by atoms with Crippen LogP contribution in [-0.4, -0.2) is 17.1 Å². The van der Waals surface area contributed by atoms with E-state index in [1.54, 1.807) is 25.3 Å². The smallest absolute Gasteiger partial charge is 0.128 e. The molecule has 0 fully saturated rings. The summed E-state index contributed by atoms with van der Waals surface area (Å²) in [6.45, 7) is 2.15. The van der Waals surface area contributed by atoms with Crippen molar-refractivity contribution in [1.82, 2.24) is 4.98 Å². The molecule has 0 aliphatic heterocycles. The minimum atomic E-state index is -0.529. The number of halogens is 1. The summed E-state index contributed by atoms with van der Waals surface area (Å²) in [5.74, 6) is 0.530. The van der Waals surface area contributed by atoms with Crippen LogP contribution in [0.5, 0.6) is 0 Å². The van der Waals surface area contributed by atoms with Gasteiger partial charge >= 0.3 is 0 Å². The van der Waals surface area contributed by atoms with Crippen LogP contribution in [0.1, 0.15) is 24.2 Å². The lowest BCUT2D eigenvalue weighted by atomic mass is 10.2. The normalized spacial score (nSPS) is 12.2. The van der Waals surface area contributed by atoms with Crippen LogP contribution in [-0.2, 0) is 6.54 Å². The lowest BCUT2D eigenvalue weighted by Gasteiger charge is -2.19. The summed E-state index contributed by atoms with van der Waals surface area (Å²) in [6, 6.07) is 10.3. The molecule has 2 rings (SSSR count). The SMILES string of the molecule is C[C@@H](O)c1ccc(N(C)Cc2ccccc2F)nc1. The molecular weight excluding hydrogens is 243 g/mol. The zero-order valence-electron chi connectivity index (χ0n) is 11.0. The molecule has 0 radical (unpaired) electrons. The summed E-state index contributed by atoms with van der Waals surface area (Å²) in [5.41, 5.74) is 1.40. The topological polar surface area (TPSA) is 36.4 Å². The van der Waals surface area contributed by atoms with Gasteiger partial charge in [0.05, 0.1) is 6.10 Å². The third-order valence-corrected chi connectivity index (χ3v) is 3.01. The highest BCUT2D eigenvalue weighted by molar-refractivity contribution is 5.40. The van der Waals surface area contributed by atoms with E-state index in [2.05, 4.69) is 4.98 Å². The van der Waals surface area contributed by atoms with E-state index in [4.69, 9.17) is 0 Å². The molecule has 0 unspecified atom stereocenters. The second-order valence-corrected chi connectivity index (χ2v) is 4.57. The van der Waals surface area contributed by atoms with Crippen molar-refractivity contribution in [3.63, 3.8) is 0 Å². The first-order chi connectivity index (χ1) is 9.08. The van der Waals surface area contributed by atoms with Crippen LogP contribution >= 0.6 is 0 Å². The fraction of sp³-hybridized carbons (Fsp3) is 0.267. The molecule has 0 spiro atoms. The summed E-state index contributed by atoms with van der Waals surface area (Å²) in [6.07, 6.45) is 1.11. The molecule has 0 bridgehead atoms. The van der Waals surface area contributed by atoms with E-state index in [1.807, 2.05) is 30.1 Å². The van der Waals surface area contributed by atoms with E-state index in [0.29, 0.717) is 12.1 Å². The number of hydrogen-bond acceptors (Lipinski definition) is 3. The van der Waals surface area contributed by atoms with E-state index in [1.165, 1.54) is 6.07 Å². The maximum absolute atomic E-state index is 13.6. The molecule has 1 heterocycles. The molecule has 0 saturated carbocycles. The Morgan fingerprint density at radius 1 is 1.26 bits per heavy atom. The monoisotopic (exact) mass is 260 g/mol. The molecule has 4 heteroatoms. The van der Waals surface area contributed by atoms with Crippen molar-refractivity contribution >= 4 is 5.82 Å². The third-order valence-electron chi connectivity index (χ3n) is 3.01. The van der Waals surface area contributed by atoms with Crippen LogP contribution < -0.4 is 4.90 Å². The van der Waals surface area contributed by atoms with Crippen LogP contribution in [0.25, 0.3) is 0 Å². The lowest BCUT2D eigenvalue weighted by Crippen LogP contribution is -2.18. The van der Waals surface area contributed by atoms with E-state index in [-0.39, 0.29) is 5.82 Å². The van der Waals surface area contributed by atoms with Gasteiger partial charge in [0, 0.05) is 25.4 Å². The van der Waals surface area contributed by atoms with Crippen molar-refractivity contribution in [1.29, 1.82) is 0 Å². The predicted octanol–water partition coefficient (Wildman–Crippen LogP) is 2.91. The molecule has 19 heavy (non-hydrogen) atoms. The van der Waals surface area contributed by atoms with Crippen molar-refractivity contribution in [2.45, 2.75) is 19.6 Å². The van der Waals surface area contributed by atoms with Crippen molar-refractivity contribution in [2.75, 3.05) is 11.9 Å². The van der Waals surface area contributed by atoms with Crippen molar-refractivity contribution < 1.29 is 9.50 Å². The Balaban J connectivity index is 2.12. The Morgan fingerprint density at radius 3 is 2.58 bits per heavy atom. The summed E-state index contributed by atoms with van der Waals surface area (Å²) in [4.78, 5) is 6.13. The van der Waals surface area contributed by atoms with Gasteiger partial charge in [-0.25, -0.2) is 9.37 Å². The Morgan fingerprint density at radius 2 is 2.00 bits per heavy atom. The van der Waals surface area contributed by atoms with Crippen LogP contribution in [0.3, 0.4) is 0 Å². The Kier molecular flexibility index (Phi) is 4.12. The van der Waals surface area contributed by atoms with Crippen molar-refractivity contribution in [3.05, 3.63) is 59.5 Å². The van der Waals surface area contributed by atoms with Gasteiger partial charge in [0.15, 0.2) is 0 Å². The van der Waals surface area contributed by atoms with Gasteiger partial charge in [0.1, 0.15) is 11.6 Å². The second kappa shape index (κ2) is 5.80. The van der Waals surface area contributed by atoms with E-state index >= 15 is 0 Å². The first-order valence-electron chi connectivity index (χ1n) is 6.16. The summed E-state index contributed by atoms with van der Waals surface area (Å²) < 4.78 is 13.6. The number of hydrogen-bond donors (Lipinski definition) is 1. The van der Waals surface area contributed by atoms with Crippen molar-refractivity contribution in [2.24, 2.45) is 0 Å². The Hall–Kier alpha value is -1.94. The van der Waals surface area contributed by atoms with Gasteiger partial charge in [0.25, 0.3) is 0 Å². The maximum atomic E-state index is 13.6. The van der Waals surface area contributed by atoms with Gasteiger partial charge in [-0.3, -0.25) is 0 Å². The van der Waals surface area contributed by atoms with E-state index in [0.717, 1.165) is 11.4 Å². The number of aromatic nitrogens is 1. The minimum absolute atomic E-state index is 0.213. The van der Waals surface area contributed by atoms with Crippen LogP contribution in [0.4, 0.5) is 10.2 Å². The summed E-state index contributed by atoms with van der Waals surface area (Å²) >= 11 is 0. The highest BCUT2D eigenvalue weighted by Gasteiger charge is 2.08. The Bertz CT molecular complexity index is 540. The Labute approximate surface area is 112 Å². The molecule has 2 aromatic rings. The van der Waals surface area contributed by atoms with Gasteiger partial charge in [-0.2, -0.15) is 0 Å². The summed E-state index contributed by atoms with van der Waals surface area (Å²) in [5, 5.41) is 9.42. The molecule has 0 amide bonds. The molecule has 1 N–H and O–H groups in total. The first-order valence-corrected chi connectivity index (χ1v) is 6.16. The number of aliphatic hydroxyl groups is 1. The van der Waals surface area contributed by atoms with Gasteiger partial charge in [-0.15, -0.1) is 0 Å². The minimum Gasteiger partial charge on any atom is -0.389 e. The highest BCUT2D eigenvalue weighted by atomic mass is 19.1. The molecular formula is C15H17FN2O. The van der Waals surface area contributed by atoms with Gasteiger partial charge in [0.2, 0.25) is 0 Å². The molecule has 0 saturated heterocycles. The van der Waals surface area contributed by atoms with E-state index < -0.39 is 6.10 Å². The van der Waals surface area contributed by atoms with Crippen LogP contribution in [0.15, 0.2) is 42.6 Å². The number of pyridine rings is 1. The summed E-state index contributed by atoms with van der Waals surface area (Å²) in [7, 11) is 1.86. The zero-order chi connectivity index (χ0) is 13.8. The number of rotatable bonds is 4. The van der Waals surface area contributed by atoms with Gasteiger partial charge in [-0.1, -0.05) is 24.3 Å². The standard InChI is InChI=1S/C15H17FN2O/c1-11(19)12-7-8-15(17-9-12)18(2)10-13-5-3-4-6-14(13)16/h3-9,11,19H,10H2,1-2H3/t11-/m1/s1. The number of aliphatic hydroxyl groups excluding tert-OH is 1. The van der Waals surface area contributed by atoms with Crippen molar-refractivity contribution in [3.8, 4) is 0 Å². The second-order valence-electron chi connectivity index (χ2n) is 4.57. The third kappa shape index (κ3) is 3.29. The number of anilines is 1. The molecule has 0 aliphatic rings. The van der Waals surface area contributed by atoms with Crippen LogP contribution in [0, 0.1) is 5.82 Å².